The van der Waals surface area contributed by atoms with Crippen LogP contribution >= 0.6 is 0 Å². The quantitative estimate of drug-likeness (QED) is 0.930. The van der Waals surface area contributed by atoms with Crippen LogP contribution < -0.4 is 5.73 Å². The average Bonchev–Trinajstić information content (AvgIpc) is 2.82. The normalized spacial score (nSPS) is 16.0. The van der Waals surface area contributed by atoms with E-state index in [0.717, 1.165) is 32.6 Å². The van der Waals surface area contributed by atoms with Crippen molar-refractivity contribution in [3.8, 4) is 0 Å². The van der Waals surface area contributed by atoms with Gasteiger partial charge in [0.2, 0.25) is 0 Å². The van der Waals surface area contributed by atoms with Gasteiger partial charge in [-0.15, -0.1) is 0 Å². The van der Waals surface area contributed by atoms with E-state index in [-0.39, 0.29) is 17.4 Å². The molecule has 24 heavy (non-hydrogen) atoms. The molecule has 2 N–H and O–H groups in total. The molecule has 1 aliphatic heterocycles. The van der Waals surface area contributed by atoms with Crippen molar-refractivity contribution in [2.24, 2.45) is 0 Å². The minimum atomic E-state index is -0.127. The first-order chi connectivity index (χ1) is 11.6. The van der Waals surface area contributed by atoms with Crippen molar-refractivity contribution in [1.82, 2.24) is 19.8 Å². The highest BCUT2D eigenvalue weighted by atomic mass is 16.2. The van der Waals surface area contributed by atoms with Crippen molar-refractivity contribution >= 4 is 11.7 Å². The van der Waals surface area contributed by atoms with Gasteiger partial charge in [0.25, 0.3) is 5.91 Å². The van der Waals surface area contributed by atoms with Crippen LogP contribution in [-0.4, -0.2) is 51.9 Å². The molecule has 0 unspecified atom stereocenters. The lowest BCUT2D eigenvalue weighted by Gasteiger charge is -2.22. The Morgan fingerprint density at radius 3 is 2.58 bits per heavy atom. The summed E-state index contributed by atoms with van der Waals surface area (Å²) in [5.41, 5.74) is 8.61. The lowest BCUT2D eigenvalue weighted by molar-refractivity contribution is 0.0756. The number of nitrogens with two attached hydrogens (primary N) is 1. The number of rotatable bonds is 3. The van der Waals surface area contributed by atoms with Crippen molar-refractivity contribution < 1.29 is 4.79 Å². The predicted molar refractivity (Wildman–Crippen MR) is 93.4 cm³/mol. The molecule has 1 amide bonds. The van der Waals surface area contributed by atoms with E-state index in [1.165, 1.54) is 23.5 Å². The third-order valence-electron chi connectivity index (χ3n) is 4.33. The third kappa shape index (κ3) is 3.89. The first kappa shape index (κ1) is 16.4. The van der Waals surface area contributed by atoms with Crippen LogP contribution in [0.1, 0.15) is 28.0 Å². The van der Waals surface area contributed by atoms with E-state index in [0.29, 0.717) is 6.54 Å². The van der Waals surface area contributed by atoms with Crippen molar-refractivity contribution in [2.45, 2.75) is 19.9 Å². The monoisotopic (exact) mass is 325 g/mol. The summed E-state index contributed by atoms with van der Waals surface area (Å²) in [6.45, 7) is 6.24. The number of anilines is 1. The number of nitrogen functional groups attached to an aromatic ring is 1. The summed E-state index contributed by atoms with van der Waals surface area (Å²) in [6.07, 6.45) is 3.95. The molecule has 1 saturated heterocycles. The highest BCUT2D eigenvalue weighted by Gasteiger charge is 2.23. The molecule has 0 bridgehead atoms. The number of aromatic nitrogens is 2. The third-order valence-corrected chi connectivity index (χ3v) is 4.33. The molecule has 126 valence electrons. The molecule has 1 fully saturated rings. The smallest absolute Gasteiger partial charge is 0.276 e. The Morgan fingerprint density at radius 2 is 1.83 bits per heavy atom. The molecular weight excluding hydrogens is 302 g/mol. The zero-order chi connectivity index (χ0) is 16.9. The van der Waals surface area contributed by atoms with E-state index in [2.05, 4.69) is 46.1 Å². The van der Waals surface area contributed by atoms with Gasteiger partial charge in [-0.25, -0.2) is 9.97 Å². The number of benzene rings is 1. The molecule has 1 aromatic heterocycles. The maximum Gasteiger partial charge on any atom is 0.276 e. The molecular formula is C18H23N5O. The minimum Gasteiger partial charge on any atom is -0.382 e. The fourth-order valence-electron chi connectivity index (χ4n) is 2.95. The average molecular weight is 325 g/mol. The summed E-state index contributed by atoms with van der Waals surface area (Å²) < 4.78 is 0. The Labute approximate surface area is 142 Å². The number of carbonyl (C=O) groups is 1. The summed E-state index contributed by atoms with van der Waals surface area (Å²) in [5, 5.41) is 0. The summed E-state index contributed by atoms with van der Waals surface area (Å²) in [7, 11) is 0. The molecule has 2 heterocycles. The number of nitrogens with zero attached hydrogens (tertiary/aromatic N) is 4. The van der Waals surface area contributed by atoms with Crippen LogP contribution in [0.5, 0.6) is 0 Å². The van der Waals surface area contributed by atoms with Crippen LogP contribution in [0.3, 0.4) is 0 Å². The van der Waals surface area contributed by atoms with Crippen LogP contribution in [-0.2, 0) is 6.54 Å². The van der Waals surface area contributed by atoms with Gasteiger partial charge in [0, 0.05) is 45.1 Å². The van der Waals surface area contributed by atoms with E-state index < -0.39 is 0 Å². The summed E-state index contributed by atoms with van der Waals surface area (Å²) in [5.74, 6) is 0.0704. The standard InChI is InChI=1S/C18H23N5O/c1-14-3-5-15(6-4-14)13-22-9-2-10-23(12-11-22)18(24)16-17(19)21-8-7-20-16/h3-8H,2,9-13H2,1H3,(H2,19,21). The molecule has 3 rings (SSSR count). The molecule has 0 saturated carbocycles. The number of aryl methyl sites for hydroxylation is 1. The van der Waals surface area contributed by atoms with Crippen LogP contribution in [0.4, 0.5) is 5.82 Å². The van der Waals surface area contributed by atoms with E-state index >= 15 is 0 Å². The first-order valence-electron chi connectivity index (χ1n) is 8.27. The number of hydrogen-bond acceptors (Lipinski definition) is 5. The highest BCUT2D eigenvalue weighted by molar-refractivity contribution is 5.96. The molecule has 0 spiro atoms. The van der Waals surface area contributed by atoms with Gasteiger partial charge in [0.15, 0.2) is 11.5 Å². The molecule has 0 atom stereocenters. The topological polar surface area (TPSA) is 75.3 Å². The van der Waals surface area contributed by atoms with E-state index in [1.807, 2.05) is 4.90 Å². The molecule has 6 nitrogen and oxygen atoms in total. The summed E-state index contributed by atoms with van der Waals surface area (Å²) in [6, 6.07) is 8.62. The van der Waals surface area contributed by atoms with Gasteiger partial charge in [-0.3, -0.25) is 9.69 Å². The van der Waals surface area contributed by atoms with E-state index in [9.17, 15) is 4.79 Å². The lowest BCUT2D eigenvalue weighted by Crippen LogP contribution is -2.36. The van der Waals surface area contributed by atoms with Gasteiger partial charge in [-0.05, 0) is 18.9 Å². The largest absolute Gasteiger partial charge is 0.382 e. The number of carbonyl (C=O) groups excluding carboxylic acids is 1. The van der Waals surface area contributed by atoms with Crippen molar-refractivity contribution in [3.63, 3.8) is 0 Å². The van der Waals surface area contributed by atoms with E-state index in [4.69, 9.17) is 5.73 Å². The van der Waals surface area contributed by atoms with Crippen LogP contribution in [0, 0.1) is 6.92 Å². The minimum absolute atomic E-state index is 0.127. The predicted octanol–water partition coefficient (Wildman–Crippen LogP) is 1.72. The van der Waals surface area contributed by atoms with Crippen molar-refractivity contribution in [1.29, 1.82) is 0 Å². The zero-order valence-corrected chi connectivity index (χ0v) is 14.0. The Bertz CT molecular complexity index is 701. The first-order valence-corrected chi connectivity index (χ1v) is 8.27. The van der Waals surface area contributed by atoms with Crippen molar-refractivity contribution in [2.75, 3.05) is 31.9 Å². The second kappa shape index (κ2) is 7.40. The van der Waals surface area contributed by atoms with Gasteiger partial charge in [-0.1, -0.05) is 29.8 Å². The Kier molecular flexibility index (Phi) is 5.05. The maximum absolute atomic E-state index is 12.6. The van der Waals surface area contributed by atoms with Crippen LogP contribution in [0.2, 0.25) is 0 Å². The zero-order valence-electron chi connectivity index (χ0n) is 14.0. The Balaban J connectivity index is 1.61. The van der Waals surface area contributed by atoms with Crippen molar-refractivity contribution in [3.05, 3.63) is 53.5 Å². The Morgan fingerprint density at radius 1 is 1.08 bits per heavy atom. The van der Waals surface area contributed by atoms with Gasteiger partial charge in [0.05, 0.1) is 0 Å². The Hall–Kier alpha value is -2.47. The van der Waals surface area contributed by atoms with Gasteiger partial charge >= 0.3 is 0 Å². The maximum atomic E-state index is 12.6. The number of hydrogen-bond donors (Lipinski definition) is 1. The molecule has 1 aromatic carbocycles. The second-order valence-electron chi connectivity index (χ2n) is 6.20. The SMILES string of the molecule is Cc1ccc(CN2CCCN(C(=O)c3nccnc3N)CC2)cc1. The van der Waals surface area contributed by atoms with Gasteiger partial charge in [0.1, 0.15) is 0 Å². The molecule has 0 aliphatic carbocycles. The second-order valence-corrected chi connectivity index (χ2v) is 6.20. The molecule has 2 aromatic rings. The number of amides is 1. The van der Waals surface area contributed by atoms with Crippen LogP contribution in [0.15, 0.2) is 36.7 Å². The molecule has 1 aliphatic rings. The summed E-state index contributed by atoms with van der Waals surface area (Å²) >= 11 is 0. The van der Waals surface area contributed by atoms with Gasteiger partial charge < -0.3 is 10.6 Å². The molecule has 0 radical (unpaired) electrons. The van der Waals surface area contributed by atoms with E-state index in [1.54, 1.807) is 0 Å². The fraction of sp³-hybridized carbons (Fsp3) is 0.389. The lowest BCUT2D eigenvalue weighted by atomic mass is 10.1. The van der Waals surface area contributed by atoms with Gasteiger partial charge in [-0.2, -0.15) is 0 Å². The highest BCUT2D eigenvalue weighted by Crippen LogP contribution is 2.13. The molecule has 6 heteroatoms. The van der Waals surface area contributed by atoms with Crippen LogP contribution in [0.25, 0.3) is 0 Å². The fourth-order valence-corrected chi connectivity index (χ4v) is 2.95. The summed E-state index contributed by atoms with van der Waals surface area (Å²) in [4.78, 5) is 24.9.